The second-order valence-electron chi connectivity index (χ2n) is 2.94. The van der Waals surface area contributed by atoms with Crippen molar-refractivity contribution in [2.75, 3.05) is 0 Å². The Kier molecular flexibility index (Phi) is 1.96. The molecule has 0 aliphatic carbocycles. The number of amides is 1. The van der Waals surface area contributed by atoms with Crippen LogP contribution in [-0.2, 0) is 4.79 Å². The zero-order valence-corrected chi connectivity index (χ0v) is 8.16. The Morgan fingerprint density at radius 2 is 2.58 bits per heavy atom. The zero-order valence-electron chi connectivity index (χ0n) is 6.53. The third-order valence-corrected chi connectivity index (χ3v) is 3.93. The van der Waals surface area contributed by atoms with Crippen molar-refractivity contribution in [3.05, 3.63) is 12.7 Å². The Morgan fingerprint density at radius 1 is 1.83 bits per heavy atom. The van der Waals surface area contributed by atoms with Crippen LogP contribution >= 0.6 is 24.0 Å². The van der Waals surface area contributed by atoms with Crippen molar-refractivity contribution in [2.24, 2.45) is 0 Å². The monoisotopic (exact) mass is 199 g/mol. The predicted molar refractivity (Wildman–Crippen MR) is 54.0 cm³/mol. The van der Waals surface area contributed by atoms with Crippen LogP contribution in [0.15, 0.2) is 12.7 Å². The molecule has 0 aromatic rings. The Labute approximate surface area is 81.0 Å². The maximum absolute atomic E-state index is 11.2. The molecule has 0 radical (unpaired) electrons. The van der Waals surface area contributed by atoms with E-state index in [4.69, 9.17) is 12.2 Å². The summed E-state index contributed by atoms with van der Waals surface area (Å²) in [5.74, 6) is 0.235. The molecule has 0 N–H and O–H groups in total. The molecule has 1 amide bonds. The van der Waals surface area contributed by atoms with Crippen LogP contribution < -0.4 is 0 Å². The summed E-state index contributed by atoms with van der Waals surface area (Å²) in [4.78, 5) is 13.0. The highest BCUT2D eigenvalue weighted by atomic mass is 32.2. The van der Waals surface area contributed by atoms with Gasteiger partial charge in [0.2, 0.25) is 5.91 Å². The van der Waals surface area contributed by atoms with Crippen molar-refractivity contribution in [2.45, 2.75) is 24.3 Å². The fourth-order valence-electron chi connectivity index (χ4n) is 1.57. The van der Waals surface area contributed by atoms with Crippen molar-refractivity contribution in [1.29, 1.82) is 0 Å². The number of β-lactam (4-membered cyclic amide) rings is 1. The number of hydrogen-bond donors (Lipinski definition) is 0. The Hall–Kier alpha value is -0.350. The van der Waals surface area contributed by atoms with Gasteiger partial charge in [0, 0.05) is 0 Å². The van der Waals surface area contributed by atoms with Gasteiger partial charge >= 0.3 is 0 Å². The first-order chi connectivity index (χ1) is 5.74. The number of fused-ring (bicyclic) bond motifs is 1. The van der Waals surface area contributed by atoms with Crippen LogP contribution in [0.3, 0.4) is 0 Å². The molecule has 2 aliphatic rings. The van der Waals surface area contributed by atoms with Gasteiger partial charge in [-0.25, -0.2) is 0 Å². The van der Waals surface area contributed by atoms with Gasteiger partial charge in [0.1, 0.15) is 0 Å². The van der Waals surface area contributed by atoms with Gasteiger partial charge in [-0.2, -0.15) is 0 Å². The summed E-state index contributed by atoms with van der Waals surface area (Å²) in [7, 11) is 0. The van der Waals surface area contributed by atoms with Gasteiger partial charge in [-0.05, 0) is 6.42 Å². The third-order valence-electron chi connectivity index (χ3n) is 2.20. The lowest BCUT2D eigenvalue weighted by molar-refractivity contribution is -0.142. The van der Waals surface area contributed by atoms with Crippen LogP contribution in [0.2, 0.25) is 0 Å². The van der Waals surface area contributed by atoms with E-state index in [-0.39, 0.29) is 11.9 Å². The second-order valence-corrected chi connectivity index (χ2v) is 4.85. The average molecular weight is 199 g/mol. The summed E-state index contributed by atoms with van der Waals surface area (Å²) >= 11 is 6.83. The predicted octanol–water partition coefficient (Wildman–Crippen LogP) is 1.56. The van der Waals surface area contributed by atoms with Gasteiger partial charge in [-0.15, -0.1) is 6.58 Å². The fourth-order valence-corrected chi connectivity index (χ4v) is 3.35. The summed E-state index contributed by atoms with van der Waals surface area (Å²) < 4.78 is 0.950. The molecule has 64 valence electrons. The first-order valence-corrected chi connectivity index (χ1v) is 5.15. The molecule has 2 fully saturated rings. The van der Waals surface area contributed by atoms with Crippen LogP contribution in [-0.4, -0.2) is 26.4 Å². The van der Waals surface area contributed by atoms with Crippen molar-refractivity contribution in [3.63, 3.8) is 0 Å². The molecule has 0 aromatic carbocycles. The van der Waals surface area contributed by atoms with Gasteiger partial charge in [0.25, 0.3) is 0 Å². The third kappa shape index (κ3) is 1.02. The Bertz CT molecular complexity index is 264. The maximum Gasteiger partial charge on any atom is 0.227 e. The van der Waals surface area contributed by atoms with E-state index in [0.29, 0.717) is 11.8 Å². The number of nitrogens with zero attached hydrogens (tertiary/aromatic N) is 1. The minimum atomic E-state index is 0.147. The second kappa shape index (κ2) is 2.85. The topological polar surface area (TPSA) is 20.3 Å². The van der Waals surface area contributed by atoms with E-state index in [1.165, 1.54) is 0 Å². The molecule has 2 rings (SSSR count). The molecule has 0 aromatic heterocycles. The molecule has 2 aliphatic heterocycles. The molecule has 2 heterocycles. The summed E-state index contributed by atoms with van der Waals surface area (Å²) in [6.07, 6.45) is 3.29. The van der Waals surface area contributed by atoms with Gasteiger partial charge in [0.05, 0.1) is 22.0 Å². The van der Waals surface area contributed by atoms with E-state index in [0.717, 1.165) is 10.6 Å². The van der Waals surface area contributed by atoms with Crippen LogP contribution in [0.4, 0.5) is 0 Å². The number of carbonyl (C=O) groups is 1. The SMILES string of the molecule is C=CCC1C(=S)S[C@@H]2CC(=O)N12. The van der Waals surface area contributed by atoms with Crippen molar-refractivity contribution in [1.82, 2.24) is 4.90 Å². The largest absolute Gasteiger partial charge is 0.321 e. The zero-order chi connectivity index (χ0) is 8.72. The standard InChI is InChI=1S/C8H9NOS2/c1-2-3-5-8(11)12-7-4-6(10)9(5)7/h2,5,7H,1,3-4H2/t5?,7-/m1/s1. The molecule has 2 atom stereocenters. The van der Waals surface area contributed by atoms with E-state index in [1.807, 2.05) is 11.0 Å². The molecule has 2 nitrogen and oxygen atoms in total. The highest BCUT2D eigenvalue weighted by molar-refractivity contribution is 8.24. The van der Waals surface area contributed by atoms with Gasteiger partial charge in [0.15, 0.2) is 0 Å². The summed E-state index contributed by atoms with van der Waals surface area (Å²) in [5, 5.41) is 0.343. The number of carbonyl (C=O) groups excluding carboxylic acids is 1. The van der Waals surface area contributed by atoms with E-state index < -0.39 is 0 Å². The number of hydrogen-bond acceptors (Lipinski definition) is 3. The van der Waals surface area contributed by atoms with Crippen molar-refractivity contribution in [3.8, 4) is 0 Å². The molecule has 4 heteroatoms. The smallest absolute Gasteiger partial charge is 0.227 e. The lowest BCUT2D eigenvalue weighted by Crippen LogP contribution is -2.51. The first kappa shape index (κ1) is 8.26. The van der Waals surface area contributed by atoms with Crippen molar-refractivity contribution < 1.29 is 4.79 Å². The van der Waals surface area contributed by atoms with Crippen molar-refractivity contribution >= 4 is 34.1 Å². The van der Waals surface area contributed by atoms with E-state index in [9.17, 15) is 4.79 Å². The number of thiocarbonyl (C=S) groups is 1. The number of thioether (sulfide) groups is 1. The van der Waals surface area contributed by atoms with Crippen LogP contribution in [0, 0.1) is 0 Å². The molecular formula is C8H9NOS2. The minimum Gasteiger partial charge on any atom is -0.321 e. The minimum absolute atomic E-state index is 0.147. The summed E-state index contributed by atoms with van der Waals surface area (Å²) in [6.45, 7) is 3.66. The van der Waals surface area contributed by atoms with Crippen LogP contribution in [0.1, 0.15) is 12.8 Å². The average Bonchev–Trinajstić information content (AvgIpc) is 2.24. The van der Waals surface area contributed by atoms with Crippen LogP contribution in [0.25, 0.3) is 0 Å². The molecule has 0 bridgehead atoms. The number of rotatable bonds is 2. The summed E-state index contributed by atoms with van der Waals surface area (Å²) in [6, 6.07) is 0.147. The lowest BCUT2D eigenvalue weighted by Gasteiger charge is -2.36. The molecule has 12 heavy (non-hydrogen) atoms. The lowest BCUT2D eigenvalue weighted by atomic mass is 10.1. The quantitative estimate of drug-likeness (QED) is 0.382. The van der Waals surface area contributed by atoms with Gasteiger partial charge in [-0.1, -0.05) is 30.1 Å². The fraction of sp³-hybridized carbons (Fsp3) is 0.500. The maximum atomic E-state index is 11.2. The first-order valence-electron chi connectivity index (χ1n) is 3.86. The Balaban J connectivity index is 2.15. The molecule has 0 saturated carbocycles. The molecule has 0 spiro atoms. The normalized spacial score (nSPS) is 33.2. The molecule has 1 unspecified atom stereocenters. The highest BCUT2D eigenvalue weighted by Gasteiger charge is 2.48. The van der Waals surface area contributed by atoms with E-state index >= 15 is 0 Å². The van der Waals surface area contributed by atoms with E-state index in [2.05, 4.69) is 6.58 Å². The highest BCUT2D eigenvalue weighted by Crippen LogP contribution is 2.42. The van der Waals surface area contributed by atoms with Crippen LogP contribution in [0.5, 0.6) is 0 Å². The van der Waals surface area contributed by atoms with Gasteiger partial charge in [-0.3, -0.25) is 4.79 Å². The van der Waals surface area contributed by atoms with Gasteiger partial charge < -0.3 is 4.90 Å². The molecule has 2 saturated heterocycles. The Morgan fingerprint density at radius 3 is 3.17 bits per heavy atom. The molecular weight excluding hydrogens is 190 g/mol. The van der Waals surface area contributed by atoms with E-state index in [1.54, 1.807) is 11.8 Å². The summed E-state index contributed by atoms with van der Waals surface area (Å²) in [5.41, 5.74) is 0.